The molecule has 0 unspecified atom stereocenters. The average molecular weight is 176 g/mol. The fourth-order valence-corrected chi connectivity index (χ4v) is 0.759. The summed E-state index contributed by atoms with van der Waals surface area (Å²) in [6.07, 6.45) is -0.935. The van der Waals surface area contributed by atoms with Crippen LogP contribution in [0.15, 0.2) is 6.20 Å². The summed E-state index contributed by atoms with van der Waals surface area (Å²) in [5, 5.41) is 10.00. The van der Waals surface area contributed by atoms with Crippen LogP contribution < -0.4 is 5.32 Å². The zero-order chi connectivity index (χ0) is 8.97. The van der Waals surface area contributed by atoms with Crippen molar-refractivity contribution in [1.29, 1.82) is 0 Å². The summed E-state index contributed by atoms with van der Waals surface area (Å²) in [4.78, 5) is 0. The topological polar surface area (TPSA) is 42.7 Å². The summed E-state index contributed by atoms with van der Waals surface area (Å²) in [5.41, 5.74) is 0. The van der Waals surface area contributed by atoms with Crippen LogP contribution in [0.25, 0.3) is 0 Å². The van der Waals surface area contributed by atoms with E-state index in [1.165, 1.54) is 10.9 Å². The van der Waals surface area contributed by atoms with Crippen LogP contribution >= 0.6 is 0 Å². The zero-order valence-corrected chi connectivity index (χ0v) is 6.67. The molecule has 0 saturated carbocycles. The fourth-order valence-electron chi connectivity index (χ4n) is 0.759. The fraction of sp³-hybridized carbons (Fsp3) is 0.667. The van der Waals surface area contributed by atoms with E-state index in [1.54, 1.807) is 7.05 Å². The molecule has 12 heavy (non-hydrogen) atoms. The predicted octanol–water partition coefficient (Wildman–Crippen LogP) is 0.882. The lowest BCUT2D eigenvalue weighted by Gasteiger charge is -2.03. The van der Waals surface area contributed by atoms with Crippen LogP contribution in [0.5, 0.6) is 0 Å². The van der Waals surface area contributed by atoms with Crippen molar-refractivity contribution in [3.63, 3.8) is 0 Å². The molecule has 1 aromatic rings. The van der Waals surface area contributed by atoms with Crippen LogP contribution in [0.2, 0.25) is 0 Å². The van der Waals surface area contributed by atoms with Crippen molar-refractivity contribution in [1.82, 2.24) is 15.0 Å². The molecule has 0 fully saturated rings. The van der Waals surface area contributed by atoms with Crippen molar-refractivity contribution in [2.75, 3.05) is 11.9 Å². The van der Waals surface area contributed by atoms with Gasteiger partial charge in [0, 0.05) is 20.0 Å². The van der Waals surface area contributed by atoms with E-state index in [9.17, 15) is 8.78 Å². The highest BCUT2D eigenvalue weighted by molar-refractivity contribution is 5.30. The number of hydrogen-bond acceptors (Lipinski definition) is 3. The molecule has 0 spiro atoms. The Hall–Kier alpha value is -1.20. The second-order valence-electron chi connectivity index (χ2n) is 2.35. The normalized spacial score (nSPS) is 10.7. The highest BCUT2D eigenvalue weighted by Crippen LogP contribution is 2.03. The first-order chi connectivity index (χ1) is 5.70. The molecule has 0 atom stereocenters. The predicted molar refractivity (Wildman–Crippen MR) is 40.1 cm³/mol. The van der Waals surface area contributed by atoms with E-state index in [4.69, 9.17) is 0 Å². The van der Waals surface area contributed by atoms with Gasteiger partial charge >= 0.3 is 0 Å². The van der Waals surface area contributed by atoms with Crippen LogP contribution in [-0.4, -0.2) is 28.0 Å². The first-order valence-electron chi connectivity index (χ1n) is 3.57. The molecule has 0 bridgehead atoms. The zero-order valence-electron chi connectivity index (χ0n) is 6.67. The standard InChI is InChI=1S/C6H10F2N4/c1-12-6(4-10-11-12)9-3-2-5(7)8/h4-5,9H,2-3H2,1H3. The van der Waals surface area contributed by atoms with E-state index in [0.717, 1.165) is 0 Å². The Kier molecular flexibility index (Phi) is 2.95. The molecule has 1 rings (SSSR count). The lowest BCUT2D eigenvalue weighted by Crippen LogP contribution is -2.09. The van der Waals surface area contributed by atoms with Gasteiger partial charge in [-0.15, -0.1) is 5.10 Å². The number of rotatable bonds is 4. The van der Waals surface area contributed by atoms with Gasteiger partial charge in [-0.3, -0.25) is 0 Å². The van der Waals surface area contributed by atoms with Crippen LogP contribution in [0, 0.1) is 0 Å². The monoisotopic (exact) mass is 176 g/mol. The number of halogens is 2. The number of anilines is 1. The average Bonchev–Trinajstić information content (AvgIpc) is 2.36. The Morgan fingerprint density at radius 2 is 2.42 bits per heavy atom. The summed E-state index contributed by atoms with van der Waals surface area (Å²) in [5.74, 6) is 0.649. The maximum Gasteiger partial charge on any atom is 0.240 e. The molecule has 1 heterocycles. The van der Waals surface area contributed by atoms with Gasteiger partial charge in [0.15, 0.2) is 0 Å². The third-order valence-electron chi connectivity index (χ3n) is 1.38. The Morgan fingerprint density at radius 3 is 2.92 bits per heavy atom. The van der Waals surface area contributed by atoms with Crippen molar-refractivity contribution >= 4 is 5.82 Å². The lowest BCUT2D eigenvalue weighted by molar-refractivity contribution is 0.142. The SMILES string of the molecule is Cn1nncc1NCCC(F)F. The first kappa shape index (κ1) is 8.89. The molecule has 0 amide bonds. The molecular weight excluding hydrogens is 166 g/mol. The van der Waals surface area contributed by atoms with Gasteiger partial charge in [0.2, 0.25) is 6.43 Å². The minimum atomic E-state index is -2.27. The van der Waals surface area contributed by atoms with Gasteiger partial charge in [-0.2, -0.15) is 0 Å². The second-order valence-corrected chi connectivity index (χ2v) is 2.35. The van der Waals surface area contributed by atoms with E-state index in [1.807, 2.05) is 0 Å². The number of aryl methyl sites for hydroxylation is 1. The molecule has 1 N–H and O–H groups in total. The van der Waals surface area contributed by atoms with Gasteiger partial charge in [-0.1, -0.05) is 5.21 Å². The molecule has 0 aliphatic carbocycles. The number of nitrogens with one attached hydrogen (secondary N) is 1. The summed E-state index contributed by atoms with van der Waals surface area (Å²) in [6.45, 7) is 0.235. The first-order valence-corrected chi connectivity index (χ1v) is 3.57. The molecule has 68 valence electrons. The van der Waals surface area contributed by atoms with E-state index >= 15 is 0 Å². The van der Waals surface area contributed by atoms with Crippen molar-refractivity contribution in [2.45, 2.75) is 12.8 Å². The largest absolute Gasteiger partial charge is 0.369 e. The third kappa shape index (κ3) is 2.44. The molecule has 0 radical (unpaired) electrons. The van der Waals surface area contributed by atoms with Crippen molar-refractivity contribution in [2.24, 2.45) is 7.05 Å². The minimum absolute atomic E-state index is 0.162. The molecule has 0 aromatic carbocycles. The van der Waals surface area contributed by atoms with Gasteiger partial charge in [0.1, 0.15) is 5.82 Å². The van der Waals surface area contributed by atoms with Crippen LogP contribution in [0.1, 0.15) is 6.42 Å². The highest BCUT2D eigenvalue weighted by Gasteiger charge is 2.02. The van der Waals surface area contributed by atoms with E-state index in [2.05, 4.69) is 15.6 Å². The summed E-state index contributed by atoms with van der Waals surface area (Å²) in [6, 6.07) is 0. The Morgan fingerprint density at radius 1 is 1.67 bits per heavy atom. The summed E-state index contributed by atoms with van der Waals surface area (Å²) < 4.78 is 24.9. The Bertz CT molecular complexity index is 235. The van der Waals surface area contributed by atoms with Crippen molar-refractivity contribution in [3.8, 4) is 0 Å². The molecule has 0 saturated heterocycles. The molecule has 0 aliphatic heterocycles. The van der Waals surface area contributed by atoms with Gasteiger partial charge < -0.3 is 5.32 Å². The molecule has 6 heteroatoms. The van der Waals surface area contributed by atoms with Gasteiger partial charge in [0.25, 0.3) is 0 Å². The van der Waals surface area contributed by atoms with Crippen molar-refractivity contribution in [3.05, 3.63) is 6.20 Å². The van der Waals surface area contributed by atoms with E-state index in [-0.39, 0.29) is 13.0 Å². The molecule has 0 aliphatic rings. The summed E-state index contributed by atoms with van der Waals surface area (Å²) >= 11 is 0. The van der Waals surface area contributed by atoms with Gasteiger partial charge in [-0.25, -0.2) is 13.5 Å². The van der Waals surface area contributed by atoms with Gasteiger partial charge in [0.05, 0.1) is 6.20 Å². The lowest BCUT2D eigenvalue weighted by atomic mass is 10.4. The van der Waals surface area contributed by atoms with Gasteiger partial charge in [-0.05, 0) is 0 Å². The van der Waals surface area contributed by atoms with E-state index < -0.39 is 6.43 Å². The minimum Gasteiger partial charge on any atom is -0.369 e. The highest BCUT2D eigenvalue weighted by atomic mass is 19.3. The number of alkyl halides is 2. The Balaban J connectivity index is 2.29. The maximum absolute atomic E-state index is 11.7. The number of hydrogen-bond donors (Lipinski definition) is 1. The van der Waals surface area contributed by atoms with Crippen LogP contribution in [0.3, 0.4) is 0 Å². The maximum atomic E-state index is 11.7. The van der Waals surface area contributed by atoms with Crippen LogP contribution in [0.4, 0.5) is 14.6 Å². The molecular formula is C6H10F2N4. The second kappa shape index (κ2) is 3.99. The smallest absolute Gasteiger partial charge is 0.240 e. The molecule has 1 aromatic heterocycles. The van der Waals surface area contributed by atoms with E-state index in [0.29, 0.717) is 5.82 Å². The molecule has 4 nitrogen and oxygen atoms in total. The summed E-state index contributed by atoms with van der Waals surface area (Å²) in [7, 11) is 1.69. The number of nitrogens with zero attached hydrogens (tertiary/aromatic N) is 3. The number of aromatic nitrogens is 3. The van der Waals surface area contributed by atoms with Crippen LogP contribution in [-0.2, 0) is 7.05 Å². The quantitative estimate of drug-likeness (QED) is 0.740. The third-order valence-corrected chi connectivity index (χ3v) is 1.38. The van der Waals surface area contributed by atoms with Crippen molar-refractivity contribution < 1.29 is 8.78 Å². The Labute approximate surface area is 68.6 Å².